The topological polar surface area (TPSA) is 69.7 Å². The van der Waals surface area contributed by atoms with Gasteiger partial charge in [0.1, 0.15) is 0 Å². The lowest BCUT2D eigenvalue weighted by Gasteiger charge is -2.19. The summed E-state index contributed by atoms with van der Waals surface area (Å²) in [5, 5.41) is 3.92. The van der Waals surface area contributed by atoms with Gasteiger partial charge in [-0.05, 0) is 42.7 Å². The van der Waals surface area contributed by atoms with Gasteiger partial charge in [0.15, 0.2) is 11.5 Å². The van der Waals surface area contributed by atoms with Gasteiger partial charge in [-0.1, -0.05) is 32.0 Å². The summed E-state index contributed by atoms with van der Waals surface area (Å²) < 4.78 is 16.2. The van der Waals surface area contributed by atoms with Crippen molar-refractivity contribution in [2.45, 2.75) is 32.7 Å². The molecule has 0 radical (unpaired) electrons. The van der Waals surface area contributed by atoms with Gasteiger partial charge in [0.2, 0.25) is 5.75 Å². The highest BCUT2D eigenvalue weighted by molar-refractivity contribution is 6.06. The van der Waals surface area contributed by atoms with Crippen LogP contribution in [0.3, 0.4) is 0 Å². The molecule has 2 aromatic carbocycles. The Morgan fingerprint density at radius 2 is 1.57 bits per heavy atom. The Morgan fingerprint density at radius 3 is 2.13 bits per heavy atom. The Bertz CT molecular complexity index is 1040. The summed E-state index contributed by atoms with van der Waals surface area (Å²) in [6.07, 6.45) is 0. The highest BCUT2D eigenvalue weighted by Gasteiger charge is 2.20. The van der Waals surface area contributed by atoms with Gasteiger partial charge in [-0.25, -0.2) is 0 Å². The normalized spacial score (nSPS) is 12.0. The van der Waals surface area contributed by atoms with Crippen LogP contribution in [-0.4, -0.2) is 32.2 Å². The first-order chi connectivity index (χ1) is 14.4. The molecule has 3 aromatic rings. The fourth-order valence-electron chi connectivity index (χ4n) is 3.39. The average molecular weight is 408 g/mol. The largest absolute Gasteiger partial charge is 0.493 e. The zero-order valence-electron chi connectivity index (χ0n) is 18.3. The Kier molecular flexibility index (Phi) is 6.45. The summed E-state index contributed by atoms with van der Waals surface area (Å²) in [6, 6.07) is 13.0. The van der Waals surface area contributed by atoms with Crippen LogP contribution in [0, 0.1) is 0 Å². The maximum absolute atomic E-state index is 13.2. The number of nitrogens with one attached hydrogen (secondary N) is 1. The highest BCUT2D eigenvalue weighted by Crippen LogP contribution is 2.39. The Morgan fingerprint density at radius 1 is 0.933 bits per heavy atom. The van der Waals surface area contributed by atoms with Crippen LogP contribution in [0.4, 0.5) is 0 Å². The van der Waals surface area contributed by atoms with Crippen molar-refractivity contribution in [1.29, 1.82) is 0 Å². The number of aromatic nitrogens is 1. The third-order valence-electron chi connectivity index (χ3n) is 5.11. The van der Waals surface area contributed by atoms with Gasteiger partial charge in [-0.2, -0.15) is 0 Å². The van der Waals surface area contributed by atoms with Gasteiger partial charge in [0.25, 0.3) is 5.91 Å². The molecule has 0 fully saturated rings. The summed E-state index contributed by atoms with van der Waals surface area (Å²) in [4.78, 5) is 17.9. The van der Waals surface area contributed by atoms with Crippen molar-refractivity contribution in [3.8, 4) is 17.2 Å². The number of hydrogen-bond acceptors (Lipinski definition) is 5. The summed E-state index contributed by atoms with van der Waals surface area (Å²) in [7, 11) is 4.70. The van der Waals surface area contributed by atoms with E-state index in [1.165, 1.54) is 0 Å². The lowest BCUT2D eigenvalue weighted by molar-refractivity contribution is 0.0941. The molecule has 3 rings (SSSR count). The summed E-state index contributed by atoms with van der Waals surface area (Å²) in [6.45, 7) is 6.06. The minimum Gasteiger partial charge on any atom is -0.493 e. The summed E-state index contributed by atoms with van der Waals surface area (Å²) in [5.41, 5.74) is 3.16. The van der Waals surface area contributed by atoms with Gasteiger partial charge in [-0.3, -0.25) is 9.78 Å². The van der Waals surface area contributed by atoms with Crippen LogP contribution < -0.4 is 19.5 Å². The first kappa shape index (κ1) is 21.4. The first-order valence-corrected chi connectivity index (χ1v) is 9.90. The van der Waals surface area contributed by atoms with E-state index >= 15 is 0 Å². The van der Waals surface area contributed by atoms with Crippen molar-refractivity contribution in [2.75, 3.05) is 21.3 Å². The van der Waals surface area contributed by atoms with Crippen molar-refractivity contribution in [3.05, 3.63) is 59.3 Å². The van der Waals surface area contributed by atoms with Crippen LogP contribution in [0.25, 0.3) is 10.9 Å². The van der Waals surface area contributed by atoms with Crippen molar-refractivity contribution >= 4 is 16.8 Å². The zero-order valence-corrected chi connectivity index (χ0v) is 18.3. The number of pyridine rings is 1. The second-order valence-electron chi connectivity index (χ2n) is 7.42. The van der Waals surface area contributed by atoms with Crippen LogP contribution in [0.2, 0.25) is 0 Å². The van der Waals surface area contributed by atoms with E-state index in [0.29, 0.717) is 22.8 Å². The minimum absolute atomic E-state index is 0.156. The fourth-order valence-corrected chi connectivity index (χ4v) is 3.39. The van der Waals surface area contributed by atoms with E-state index in [9.17, 15) is 4.79 Å². The molecule has 0 bridgehead atoms. The van der Waals surface area contributed by atoms with Crippen molar-refractivity contribution in [2.24, 2.45) is 0 Å². The molecule has 158 valence electrons. The van der Waals surface area contributed by atoms with Gasteiger partial charge in [0, 0.05) is 11.1 Å². The number of carbonyl (C=O) groups excluding carboxylic acids is 1. The monoisotopic (exact) mass is 408 g/mol. The molecule has 1 atom stereocenters. The summed E-state index contributed by atoms with van der Waals surface area (Å²) in [5.74, 6) is 1.67. The average Bonchev–Trinajstić information content (AvgIpc) is 2.76. The van der Waals surface area contributed by atoms with E-state index in [-0.39, 0.29) is 17.9 Å². The quantitative estimate of drug-likeness (QED) is 0.604. The zero-order chi connectivity index (χ0) is 21.8. The van der Waals surface area contributed by atoms with E-state index in [1.54, 1.807) is 21.3 Å². The molecule has 1 aromatic heterocycles. The highest BCUT2D eigenvalue weighted by atomic mass is 16.5. The predicted octanol–water partition coefficient (Wildman–Crippen LogP) is 4.88. The molecule has 0 saturated carbocycles. The molecular formula is C24H28N2O4. The molecule has 0 aliphatic carbocycles. The number of nitrogens with zero attached hydrogens (tertiary/aromatic N) is 1. The molecule has 0 aliphatic heterocycles. The first-order valence-electron chi connectivity index (χ1n) is 9.90. The van der Waals surface area contributed by atoms with Crippen molar-refractivity contribution in [1.82, 2.24) is 10.3 Å². The molecule has 1 amide bonds. The maximum atomic E-state index is 13.2. The standard InChI is InChI=1S/C24H28N2O4/c1-14(2)20-13-18(17-9-7-8-10-19(17)26-20)24(27)25-15(3)16-11-21(28-4)23(30-6)22(12-16)29-5/h7-15H,1-6H3,(H,25,27). The van der Waals surface area contributed by atoms with Gasteiger partial charge in [-0.15, -0.1) is 0 Å². The number of benzene rings is 2. The molecular weight excluding hydrogens is 380 g/mol. The number of carbonyl (C=O) groups is 1. The van der Waals surface area contributed by atoms with E-state index in [1.807, 2.05) is 49.4 Å². The molecule has 0 saturated heterocycles. The van der Waals surface area contributed by atoms with Crippen LogP contribution in [0.1, 0.15) is 54.3 Å². The van der Waals surface area contributed by atoms with E-state index in [2.05, 4.69) is 19.2 Å². The van der Waals surface area contributed by atoms with Gasteiger partial charge in [0.05, 0.1) is 38.5 Å². The molecule has 1 N–H and O–H groups in total. The predicted molar refractivity (Wildman–Crippen MR) is 118 cm³/mol. The number of amides is 1. The molecule has 1 unspecified atom stereocenters. The van der Waals surface area contributed by atoms with Crippen LogP contribution in [0.15, 0.2) is 42.5 Å². The molecule has 1 heterocycles. The third-order valence-corrected chi connectivity index (χ3v) is 5.11. The smallest absolute Gasteiger partial charge is 0.252 e. The molecule has 0 aliphatic rings. The van der Waals surface area contributed by atoms with Gasteiger partial charge >= 0.3 is 0 Å². The van der Waals surface area contributed by atoms with Gasteiger partial charge < -0.3 is 19.5 Å². The van der Waals surface area contributed by atoms with E-state index in [4.69, 9.17) is 19.2 Å². The van der Waals surface area contributed by atoms with E-state index < -0.39 is 0 Å². The van der Waals surface area contributed by atoms with Crippen molar-refractivity contribution in [3.63, 3.8) is 0 Å². The lowest BCUT2D eigenvalue weighted by Crippen LogP contribution is -2.27. The minimum atomic E-state index is -0.277. The number of hydrogen-bond donors (Lipinski definition) is 1. The Labute approximate surface area is 177 Å². The van der Waals surface area contributed by atoms with Crippen LogP contribution >= 0.6 is 0 Å². The second kappa shape index (κ2) is 9.03. The molecule has 6 heteroatoms. The van der Waals surface area contributed by atoms with Crippen molar-refractivity contribution < 1.29 is 19.0 Å². The second-order valence-corrected chi connectivity index (χ2v) is 7.42. The number of para-hydroxylation sites is 1. The van der Waals surface area contributed by atoms with Crippen LogP contribution in [-0.2, 0) is 0 Å². The third kappa shape index (κ3) is 4.17. The lowest BCUT2D eigenvalue weighted by atomic mass is 10.0. The number of ether oxygens (including phenoxy) is 3. The number of fused-ring (bicyclic) bond motifs is 1. The Balaban J connectivity index is 1.97. The van der Waals surface area contributed by atoms with Crippen LogP contribution in [0.5, 0.6) is 17.2 Å². The van der Waals surface area contributed by atoms with E-state index in [0.717, 1.165) is 22.2 Å². The fraction of sp³-hybridized carbons (Fsp3) is 0.333. The summed E-state index contributed by atoms with van der Waals surface area (Å²) >= 11 is 0. The SMILES string of the molecule is COc1cc(C(C)NC(=O)c2cc(C(C)C)nc3ccccc23)cc(OC)c1OC. The Hall–Kier alpha value is -3.28. The number of methoxy groups -OCH3 is 3. The molecule has 0 spiro atoms. The number of rotatable bonds is 7. The molecule has 30 heavy (non-hydrogen) atoms. The maximum Gasteiger partial charge on any atom is 0.252 e. The molecule has 6 nitrogen and oxygen atoms in total.